The van der Waals surface area contributed by atoms with E-state index in [4.69, 9.17) is 4.42 Å². The molecule has 2 spiro atoms. The maximum Gasteiger partial charge on any atom is 0.303 e. The number of fused-ring (bicyclic) bond motifs is 2. The maximum absolute atomic E-state index is 15.2. The lowest BCUT2D eigenvalue weighted by Gasteiger charge is -2.38. The van der Waals surface area contributed by atoms with Crippen molar-refractivity contribution in [2.45, 2.75) is 130 Å². The summed E-state index contributed by atoms with van der Waals surface area (Å²) in [4.78, 5) is 73.6. The number of furan rings is 1. The number of rotatable bonds is 13. The minimum absolute atomic E-state index is 0.000657. The summed E-state index contributed by atoms with van der Waals surface area (Å²) >= 11 is 0. The van der Waals surface area contributed by atoms with Crippen LogP contribution in [-0.4, -0.2) is 91.5 Å². The van der Waals surface area contributed by atoms with Crippen molar-refractivity contribution in [1.82, 2.24) is 29.9 Å². The number of benzene rings is 1. The van der Waals surface area contributed by atoms with E-state index in [9.17, 15) is 27.6 Å². The number of carbonyl (C=O) groups excluding carboxylic acids is 5. The summed E-state index contributed by atoms with van der Waals surface area (Å²) < 4.78 is 35.2. The fourth-order valence-corrected chi connectivity index (χ4v) is 13.4. The Morgan fingerprint density at radius 1 is 0.934 bits per heavy atom. The molecule has 2 aromatic rings. The molecule has 2 aliphatic heterocycles. The van der Waals surface area contributed by atoms with Crippen LogP contribution in [0.1, 0.15) is 122 Å². The summed E-state index contributed by atoms with van der Waals surface area (Å²) in [5.41, 5.74) is -1.35. The second kappa shape index (κ2) is 15.5. The van der Waals surface area contributed by atoms with Gasteiger partial charge in [0.1, 0.15) is 23.7 Å². The highest BCUT2D eigenvalue weighted by molar-refractivity contribution is 7.87. The molecule has 5 amide bonds. The molecule has 1 aromatic heterocycles. The van der Waals surface area contributed by atoms with Crippen LogP contribution in [0, 0.1) is 38.9 Å². The fourth-order valence-electron chi connectivity index (χ4n) is 12.1. The third kappa shape index (κ3) is 7.28. The van der Waals surface area contributed by atoms with E-state index in [1.807, 2.05) is 20.8 Å². The topological polar surface area (TPSA) is 187 Å². The third-order valence-electron chi connectivity index (χ3n) is 16.3. The normalized spacial score (nSPS) is 29.1. The molecule has 4 aliphatic carbocycles. The number of hydrogen-bond donors (Lipinski definition) is 4. The highest BCUT2D eigenvalue weighted by atomic mass is 32.2. The van der Waals surface area contributed by atoms with Gasteiger partial charge in [0.2, 0.25) is 23.6 Å². The van der Waals surface area contributed by atoms with E-state index < -0.39 is 56.9 Å². The first kappa shape index (κ1) is 43.4. The second-order valence-electron chi connectivity index (χ2n) is 20.6. The summed E-state index contributed by atoms with van der Waals surface area (Å²) in [5.74, 6) is -2.72. The molecule has 61 heavy (non-hydrogen) atoms. The van der Waals surface area contributed by atoms with Crippen LogP contribution in [0.3, 0.4) is 0 Å². The Bertz CT molecular complexity index is 2210. The lowest BCUT2D eigenvalue weighted by atomic mass is 9.73. The van der Waals surface area contributed by atoms with Gasteiger partial charge >= 0.3 is 10.2 Å². The lowest BCUT2D eigenvalue weighted by molar-refractivity contribution is -0.144. The zero-order valence-corrected chi connectivity index (χ0v) is 37.3. The number of amides is 5. The van der Waals surface area contributed by atoms with Crippen LogP contribution in [-0.2, 0) is 29.4 Å². The van der Waals surface area contributed by atoms with E-state index in [-0.39, 0.29) is 46.4 Å². The molecule has 6 atom stereocenters. The number of hydrogen-bond acceptors (Lipinski definition) is 8. The lowest BCUT2D eigenvalue weighted by Crippen LogP contribution is -2.61. The summed E-state index contributed by atoms with van der Waals surface area (Å²) in [6.45, 7) is 14.9. The summed E-state index contributed by atoms with van der Waals surface area (Å²) in [5, 5.41) is 9.94. The molecule has 2 saturated heterocycles. The zero-order chi connectivity index (χ0) is 43.8. The predicted octanol–water partition coefficient (Wildman–Crippen LogP) is 5.21. The van der Waals surface area contributed by atoms with Crippen LogP contribution in [0.4, 0.5) is 0 Å². The highest BCUT2D eigenvalue weighted by Gasteiger charge is 2.85. The molecule has 8 rings (SSSR count). The van der Waals surface area contributed by atoms with Crippen molar-refractivity contribution in [3.05, 3.63) is 48.7 Å². The molecule has 4 N–H and O–H groups in total. The smallest absolute Gasteiger partial charge is 0.303 e. The molecule has 0 bridgehead atoms. The largest absolute Gasteiger partial charge is 0.464 e. The van der Waals surface area contributed by atoms with Gasteiger partial charge in [0, 0.05) is 42.5 Å². The Labute approximate surface area is 359 Å². The van der Waals surface area contributed by atoms with Crippen molar-refractivity contribution < 1.29 is 36.8 Å². The standard InChI is InChI=1S/C46H64N6O8S/c1-7-32-25-44(32,41(57)50-61(58,59)51-21-11-12-22-51)27-47-38(54)33-26-46(43(5,6)45(46)19-13-20-45)28-52(33)40(56)36(42(2,3)4)49-39(55)35(29-14-9-8-10-15-29)48-37(53)31-16-17-34-30(24-31)18-23-60-34/h7,16-18,23-24,29,32-33,35-36H,1,8-15,19-22,25-28H2,2-6H3,(H,47,54)(H,48,53)(H,49,55)(H,50,57)/t32-,33+,35+,36-,44-,46-/m1/s1. The number of carbonyl (C=O) groups is 5. The first-order chi connectivity index (χ1) is 28.8. The van der Waals surface area contributed by atoms with Gasteiger partial charge in [-0.15, -0.1) is 6.58 Å². The average molecular weight is 861 g/mol. The van der Waals surface area contributed by atoms with E-state index in [0.717, 1.165) is 69.6 Å². The average Bonchev–Trinajstić information content (AvgIpc) is 3.59. The van der Waals surface area contributed by atoms with Crippen molar-refractivity contribution in [2.75, 3.05) is 26.2 Å². The van der Waals surface area contributed by atoms with Crippen LogP contribution in [0.2, 0.25) is 0 Å². The van der Waals surface area contributed by atoms with Crippen LogP contribution in [0.15, 0.2) is 47.6 Å². The molecule has 0 unspecified atom stereocenters. The number of allylic oxidation sites excluding steroid dienone is 1. The summed E-state index contributed by atoms with van der Waals surface area (Å²) in [6.07, 6.45) is 13.0. The van der Waals surface area contributed by atoms with E-state index in [2.05, 4.69) is 41.1 Å². The van der Waals surface area contributed by atoms with Gasteiger partial charge in [0.15, 0.2) is 0 Å². The van der Waals surface area contributed by atoms with Crippen molar-refractivity contribution >= 4 is 50.7 Å². The molecular weight excluding hydrogens is 797 g/mol. The SMILES string of the molecule is C=C[C@@H]1C[C@]1(CNC(=O)[C@@H]1C[C@@]2(CN1C(=O)[C@@H](NC(=O)[C@@H](NC(=O)c1ccc3occc3c1)C1CCCCC1)C(C)(C)C)C(C)(C)C21CCC1)C(=O)NS(=O)(=O)N1CCCC1. The molecule has 6 aliphatic rings. The predicted molar refractivity (Wildman–Crippen MR) is 230 cm³/mol. The third-order valence-corrected chi connectivity index (χ3v) is 17.8. The van der Waals surface area contributed by atoms with Gasteiger partial charge < -0.3 is 25.3 Å². The first-order valence-electron chi connectivity index (χ1n) is 22.4. The molecule has 3 heterocycles. The van der Waals surface area contributed by atoms with Gasteiger partial charge in [-0.3, -0.25) is 24.0 Å². The van der Waals surface area contributed by atoms with Gasteiger partial charge in [-0.2, -0.15) is 12.7 Å². The minimum atomic E-state index is -4.04. The number of nitrogens with zero attached hydrogens (tertiary/aromatic N) is 2. The van der Waals surface area contributed by atoms with E-state index in [1.54, 1.807) is 41.5 Å². The van der Waals surface area contributed by atoms with Gasteiger partial charge in [0.05, 0.1) is 11.7 Å². The highest BCUT2D eigenvalue weighted by Crippen LogP contribution is 2.88. The van der Waals surface area contributed by atoms with Crippen molar-refractivity contribution in [3.8, 4) is 0 Å². The van der Waals surface area contributed by atoms with Gasteiger partial charge in [0.25, 0.3) is 5.91 Å². The molecule has 15 heteroatoms. The Kier molecular flexibility index (Phi) is 11.1. The second-order valence-corrected chi connectivity index (χ2v) is 22.3. The van der Waals surface area contributed by atoms with Crippen molar-refractivity contribution in [3.63, 3.8) is 0 Å². The van der Waals surface area contributed by atoms with Crippen LogP contribution < -0.4 is 20.7 Å². The van der Waals surface area contributed by atoms with Crippen LogP contribution >= 0.6 is 0 Å². The molecule has 332 valence electrons. The van der Waals surface area contributed by atoms with Crippen molar-refractivity contribution in [1.29, 1.82) is 0 Å². The molecule has 14 nitrogen and oxygen atoms in total. The van der Waals surface area contributed by atoms with Gasteiger partial charge in [-0.1, -0.05) is 66.4 Å². The summed E-state index contributed by atoms with van der Waals surface area (Å²) in [7, 11) is -4.04. The van der Waals surface area contributed by atoms with Crippen LogP contribution in [0.25, 0.3) is 11.0 Å². The van der Waals surface area contributed by atoms with Crippen LogP contribution in [0.5, 0.6) is 0 Å². The molecule has 1 aromatic carbocycles. The molecule has 4 saturated carbocycles. The molecule has 6 fully saturated rings. The zero-order valence-electron chi connectivity index (χ0n) is 36.4. The summed E-state index contributed by atoms with van der Waals surface area (Å²) in [6, 6.07) is 4.13. The Balaban J connectivity index is 1.03. The van der Waals surface area contributed by atoms with Crippen molar-refractivity contribution in [2.24, 2.45) is 38.9 Å². The van der Waals surface area contributed by atoms with Gasteiger partial charge in [-0.05, 0) is 104 Å². The van der Waals surface area contributed by atoms with E-state index in [1.165, 1.54) is 4.31 Å². The Morgan fingerprint density at radius 2 is 1.64 bits per heavy atom. The van der Waals surface area contributed by atoms with Gasteiger partial charge in [-0.25, -0.2) is 4.72 Å². The van der Waals surface area contributed by atoms with E-state index in [0.29, 0.717) is 43.6 Å². The first-order valence-corrected chi connectivity index (χ1v) is 23.9. The Hall–Kier alpha value is -4.24. The van der Waals surface area contributed by atoms with E-state index >= 15 is 4.79 Å². The quantitative estimate of drug-likeness (QED) is 0.198. The minimum Gasteiger partial charge on any atom is -0.464 e. The number of likely N-dealkylation sites (tertiary alicyclic amines) is 1. The monoisotopic (exact) mass is 860 g/mol. The molecule has 0 radical (unpaired) electrons. The Morgan fingerprint density at radius 3 is 2.25 bits per heavy atom. The fraction of sp³-hybridized carbons (Fsp3) is 0.674. The molecular formula is C46H64N6O8S. The number of nitrogens with one attached hydrogen (secondary N) is 4. The maximum atomic E-state index is 15.2.